The van der Waals surface area contributed by atoms with Gasteiger partial charge in [0.1, 0.15) is 17.2 Å². The first-order valence-corrected chi connectivity index (χ1v) is 6.72. The molecule has 1 N–H and O–H groups in total. The summed E-state index contributed by atoms with van der Waals surface area (Å²) >= 11 is 0. The molecule has 0 saturated carbocycles. The van der Waals surface area contributed by atoms with Crippen molar-refractivity contribution in [1.29, 1.82) is 5.26 Å². The topological polar surface area (TPSA) is 97.4 Å². The van der Waals surface area contributed by atoms with E-state index < -0.39 is 4.92 Å². The maximum Gasteiger partial charge on any atom is 0.293 e. The van der Waals surface area contributed by atoms with Crippen LogP contribution < -0.4 is 14.8 Å². The van der Waals surface area contributed by atoms with Gasteiger partial charge in [-0.1, -0.05) is 0 Å². The number of nitro benzene ring substituents is 1. The molecule has 0 heterocycles. The van der Waals surface area contributed by atoms with Crippen molar-refractivity contribution in [1.82, 2.24) is 0 Å². The van der Waals surface area contributed by atoms with Gasteiger partial charge in [-0.3, -0.25) is 10.1 Å². The first kappa shape index (κ1) is 16.1. The predicted octanol–water partition coefficient (Wildman–Crippen LogP) is 3.10. The molecular weight excluding hydrogens is 298 g/mol. The molecule has 23 heavy (non-hydrogen) atoms. The van der Waals surface area contributed by atoms with Crippen LogP contribution in [0.3, 0.4) is 0 Å². The SMILES string of the molecule is COc1ccc(OC)c(CNc2ccc(C#N)cc2[N+](=O)[O-])c1. The fraction of sp³-hybridized carbons (Fsp3) is 0.188. The molecule has 7 heteroatoms. The first-order valence-electron chi connectivity index (χ1n) is 6.72. The van der Waals surface area contributed by atoms with Gasteiger partial charge in [0, 0.05) is 18.2 Å². The summed E-state index contributed by atoms with van der Waals surface area (Å²) in [6, 6.07) is 11.5. The molecule has 2 aromatic rings. The van der Waals surface area contributed by atoms with Crippen molar-refractivity contribution in [3.05, 3.63) is 57.6 Å². The van der Waals surface area contributed by atoms with Crippen LogP contribution in [0.15, 0.2) is 36.4 Å². The van der Waals surface area contributed by atoms with Crippen LogP contribution >= 0.6 is 0 Å². The number of anilines is 1. The molecule has 0 bridgehead atoms. The van der Waals surface area contributed by atoms with Crippen molar-refractivity contribution in [2.75, 3.05) is 19.5 Å². The van der Waals surface area contributed by atoms with E-state index in [2.05, 4.69) is 5.32 Å². The Morgan fingerprint density at radius 3 is 2.61 bits per heavy atom. The summed E-state index contributed by atoms with van der Waals surface area (Å²) in [6.07, 6.45) is 0. The number of nitriles is 1. The van der Waals surface area contributed by atoms with E-state index in [9.17, 15) is 10.1 Å². The Balaban J connectivity index is 2.28. The monoisotopic (exact) mass is 313 g/mol. The van der Waals surface area contributed by atoms with Gasteiger partial charge >= 0.3 is 0 Å². The third kappa shape index (κ3) is 3.68. The van der Waals surface area contributed by atoms with Gasteiger partial charge in [-0.15, -0.1) is 0 Å². The third-order valence-electron chi connectivity index (χ3n) is 3.28. The van der Waals surface area contributed by atoms with Gasteiger partial charge < -0.3 is 14.8 Å². The van der Waals surface area contributed by atoms with Crippen molar-refractivity contribution in [2.45, 2.75) is 6.54 Å². The number of nitrogens with zero attached hydrogens (tertiary/aromatic N) is 2. The second-order valence-corrected chi connectivity index (χ2v) is 4.63. The summed E-state index contributed by atoms with van der Waals surface area (Å²) in [5.41, 5.74) is 1.22. The summed E-state index contributed by atoms with van der Waals surface area (Å²) in [7, 11) is 3.11. The van der Waals surface area contributed by atoms with Gasteiger partial charge in [0.2, 0.25) is 0 Å². The minimum Gasteiger partial charge on any atom is -0.497 e. The van der Waals surface area contributed by atoms with Crippen LogP contribution in [0.5, 0.6) is 11.5 Å². The van der Waals surface area contributed by atoms with E-state index in [1.807, 2.05) is 6.07 Å². The van der Waals surface area contributed by atoms with Crippen LogP contribution in [-0.2, 0) is 6.54 Å². The zero-order valence-electron chi connectivity index (χ0n) is 12.7. The number of rotatable bonds is 6. The molecule has 0 spiro atoms. The molecule has 2 rings (SSSR count). The predicted molar refractivity (Wildman–Crippen MR) is 84.7 cm³/mol. The maximum absolute atomic E-state index is 11.1. The smallest absolute Gasteiger partial charge is 0.293 e. The Hall–Kier alpha value is -3.27. The van der Waals surface area contributed by atoms with Gasteiger partial charge in [-0.05, 0) is 30.3 Å². The molecule has 0 saturated heterocycles. The lowest BCUT2D eigenvalue weighted by molar-refractivity contribution is -0.384. The Labute approximate surface area is 133 Å². The Morgan fingerprint density at radius 1 is 1.22 bits per heavy atom. The van der Waals surface area contributed by atoms with Crippen LogP contribution in [0.25, 0.3) is 0 Å². The largest absolute Gasteiger partial charge is 0.497 e. The molecule has 2 aromatic carbocycles. The quantitative estimate of drug-likeness (QED) is 0.650. The van der Waals surface area contributed by atoms with Gasteiger partial charge in [0.15, 0.2) is 0 Å². The summed E-state index contributed by atoms with van der Waals surface area (Å²) in [5.74, 6) is 1.31. The summed E-state index contributed by atoms with van der Waals surface area (Å²) in [6.45, 7) is 0.313. The van der Waals surface area contributed by atoms with Crippen molar-refractivity contribution in [3.8, 4) is 17.6 Å². The minimum absolute atomic E-state index is 0.147. The standard InChI is InChI=1S/C16H15N3O4/c1-22-13-4-6-16(23-2)12(8-13)10-18-14-5-3-11(9-17)7-15(14)19(20)21/h3-8,18H,10H2,1-2H3. The molecule has 0 amide bonds. The second-order valence-electron chi connectivity index (χ2n) is 4.63. The van der Waals surface area contributed by atoms with Gasteiger partial charge in [-0.25, -0.2) is 0 Å². The zero-order chi connectivity index (χ0) is 16.8. The van der Waals surface area contributed by atoms with Crippen molar-refractivity contribution in [2.24, 2.45) is 0 Å². The fourth-order valence-corrected chi connectivity index (χ4v) is 2.11. The Morgan fingerprint density at radius 2 is 2.00 bits per heavy atom. The van der Waals surface area contributed by atoms with Gasteiger partial charge in [0.25, 0.3) is 5.69 Å². The van der Waals surface area contributed by atoms with Crippen molar-refractivity contribution >= 4 is 11.4 Å². The van der Waals surface area contributed by atoms with E-state index in [0.29, 0.717) is 23.7 Å². The molecule has 0 atom stereocenters. The number of benzene rings is 2. The van der Waals surface area contributed by atoms with E-state index in [1.165, 1.54) is 18.2 Å². The van der Waals surface area contributed by atoms with Crippen LogP contribution in [0.1, 0.15) is 11.1 Å². The average molecular weight is 313 g/mol. The molecule has 7 nitrogen and oxygen atoms in total. The average Bonchev–Trinajstić information content (AvgIpc) is 2.59. The van der Waals surface area contributed by atoms with E-state index in [4.69, 9.17) is 14.7 Å². The Bertz CT molecular complexity index is 768. The zero-order valence-corrected chi connectivity index (χ0v) is 12.7. The molecule has 0 unspecified atom stereocenters. The summed E-state index contributed by atoms with van der Waals surface area (Å²) in [4.78, 5) is 10.6. The highest BCUT2D eigenvalue weighted by molar-refractivity contribution is 5.64. The lowest BCUT2D eigenvalue weighted by atomic mass is 10.1. The maximum atomic E-state index is 11.1. The molecule has 0 fully saturated rings. The van der Waals surface area contributed by atoms with Crippen LogP contribution in [-0.4, -0.2) is 19.1 Å². The van der Waals surface area contributed by atoms with E-state index >= 15 is 0 Å². The molecule has 118 valence electrons. The number of methoxy groups -OCH3 is 2. The summed E-state index contributed by atoms with van der Waals surface area (Å²) in [5, 5.41) is 23.0. The highest BCUT2D eigenvalue weighted by Gasteiger charge is 2.15. The molecule has 0 radical (unpaired) electrons. The second kappa shape index (κ2) is 7.13. The summed E-state index contributed by atoms with van der Waals surface area (Å²) < 4.78 is 10.4. The van der Waals surface area contributed by atoms with E-state index in [0.717, 1.165) is 5.56 Å². The number of hydrogen-bond acceptors (Lipinski definition) is 6. The van der Waals surface area contributed by atoms with Gasteiger partial charge in [0.05, 0.1) is 30.8 Å². The fourth-order valence-electron chi connectivity index (χ4n) is 2.11. The normalized spacial score (nSPS) is 9.78. The van der Waals surface area contributed by atoms with E-state index in [1.54, 1.807) is 32.4 Å². The van der Waals surface area contributed by atoms with Crippen LogP contribution in [0.2, 0.25) is 0 Å². The van der Waals surface area contributed by atoms with E-state index in [-0.39, 0.29) is 11.3 Å². The van der Waals surface area contributed by atoms with Gasteiger partial charge in [-0.2, -0.15) is 5.26 Å². The highest BCUT2D eigenvalue weighted by Crippen LogP contribution is 2.28. The lowest BCUT2D eigenvalue weighted by Gasteiger charge is -2.12. The molecular formula is C16H15N3O4. The number of ether oxygens (including phenoxy) is 2. The number of nitrogens with one attached hydrogen (secondary N) is 1. The number of nitro groups is 1. The molecule has 0 aromatic heterocycles. The lowest BCUT2D eigenvalue weighted by Crippen LogP contribution is -2.04. The molecule has 0 aliphatic carbocycles. The minimum atomic E-state index is -0.522. The molecule has 0 aliphatic heterocycles. The highest BCUT2D eigenvalue weighted by atomic mass is 16.6. The Kier molecular flexibility index (Phi) is 5.00. The van der Waals surface area contributed by atoms with Crippen molar-refractivity contribution in [3.63, 3.8) is 0 Å². The molecule has 0 aliphatic rings. The first-order chi connectivity index (χ1) is 11.1. The van der Waals surface area contributed by atoms with Crippen molar-refractivity contribution < 1.29 is 14.4 Å². The van der Waals surface area contributed by atoms with Crippen LogP contribution in [0, 0.1) is 21.4 Å². The van der Waals surface area contributed by atoms with Crippen LogP contribution in [0.4, 0.5) is 11.4 Å². The third-order valence-corrected chi connectivity index (χ3v) is 3.28. The number of hydrogen-bond donors (Lipinski definition) is 1.